The maximum absolute atomic E-state index is 12.4. The highest BCUT2D eigenvalue weighted by molar-refractivity contribution is 6.01. The van der Waals surface area contributed by atoms with E-state index in [1.165, 1.54) is 5.39 Å². The van der Waals surface area contributed by atoms with E-state index in [0.29, 0.717) is 24.8 Å². The number of ether oxygens (including phenoxy) is 1. The second kappa shape index (κ2) is 10.1. The summed E-state index contributed by atoms with van der Waals surface area (Å²) in [7, 11) is 0. The number of hydrogen-bond acceptors (Lipinski definition) is 4. The van der Waals surface area contributed by atoms with E-state index in [0.717, 1.165) is 23.8 Å². The number of carbonyl (C=O) groups excluding carboxylic acids is 1. The van der Waals surface area contributed by atoms with Crippen molar-refractivity contribution >= 4 is 22.5 Å². The van der Waals surface area contributed by atoms with Gasteiger partial charge >= 0.3 is 5.97 Å². The molecule has 0 heterocycles. The van der Waals surface area contributed by atoms with E-state index in [1.54, 1.807) is 0 Å². The van der Waals surface area contributed by atoms with E-state index in [1.807, 2.05) is 39.0 Å². The fraction of sp³-hybridized carbons (Fsp3) is 0.455. The third-order valence-corrected chi connectivity index (χ3v) is 4.56. The number of carbonyl (C=O) groups is 1. The number of hydrogen-bond donors (Lipinski definition) is 0. The largest absolute Gasteiger partial charge is 0.381 e. The standard InChI is InChI=1S/C22H29NO3/c1-5-18(13-16(3)15-25-6-2)22(24)26-23-17(4)20-12-11-19-9-7-8-10-21(19)14-20/h7-12,14,16,18H,5-6,13,15H2,1-4H3. The summed E-state index contributed by atoms with van der Waals surface area (Å²) < 4.78 is 5.43. The lowest BCUT2D eigenvalue weighted by Gasteiger charge is -2.17. The fourth-order valence-electron chi connectivity index (χ4n) is 2.96. The molecule has 0 aliphatic carbocycles. The van der Waals surface area contributed by atoms with Gasteiger partial charge in [0.15, 0.2) is 0 Å². The highest BCUT2D eigenvalue weighted by atomic mass is 16.7. The fourth-order valence-corrected chi connectivity index (χ4v) is 2.96. The Hall–Kier alpha value is -2.20. The summed E-state index contributed by atoms with van der Waals surface area (Å²) in [4.78, 5) is 17.6. The third-order valence-electron chi connectivity index (χ3n) is 4.56. The Balaban J connectivity index is 1.99. The van der Waals surface area contributed by atoms with Gasteiger partial charge in [-0.05, 0) is 55.0 Å². The van der Waals surface area contributed by atoms with E-state index < -0.39 is 0 Å². The first kappa shape index (κ1) is 20.1. The number of nitrogens with zero attached hydrogens (tertiary/aromatic N) is 1. The molecular weight excluding hydrogens is 326 g/mol. The highest BCUT2D eigenvalue weighted by Gasteiger charge is 2.21. The molecule has 26 heavy (non-hydrogen) atoms. The minimum atomic E-state index is -0.268. The summed E-state index contributed by atoms with van der Waals surface area (Å²) in [5.74, 6) is -0.104. The zero-order chi connectivity index (χ0) is 18.9. The predicted octanol–water partition coefficient (Wildman–Crippen LogP) is 5.20. The van der Waals surface area contributed by atoms with E-state index in [4.69, 9.17) is 9.57 Å². The van der Waals surface area contributed by atoms with Crippen LogP contribution in [-0.4, -0.2) is 24.9 Å². The first-order valence-electron chi connectivity index (χ1n) is 9.37. The summed E-state index contributed by atoms with van der Waals surface area (Å²) in [5.41, 5.74) is 1.65. The molecule has 2 rings (SSSR count). The molecule has 0 fully saturated rings. The van der Waals surface area contributed by atoms with E-state index in [-0.39, 0.29) is 11.9 Å². The number of fused-ring (bicyclic) bond motifs is 1. The van der Waals surface area contributed by atoms with Crippen molar-refractivity contribution in [2.75, 3.05) is 13.2 Å². The molecule has 0 amide bonds. The van der Waals surface area contributed by atoms with Crippen LogP contribution in [0.15, 0.2) is 47.6 Å². The van der Waals surface area contributed by atoms with Gasteiger partial charge in [-0.1, -0.05) is 55.4 Å². The van der Waals surface area contributed by atoms with Crippen molar-refractivity contribution in [1.29, 1.82) is 0 Å². The molecule has 0 saturated heterocycles. The lowest BCUT2D eigenvalue weighted by molar-refractivity contribution is -0.149. The van der Waals surface area contributed by atoms with Crippen LogP contribution in [-0.2, 0) is 14.4 Å². The first-order valence-corrected chi connectivity index (χ1v) is 9.37. The zero-order valence-corrected chi connectivity index (χ0v) is 16.2. The van der Waals surface area contributed by atoms with Gasteiger partial charge in [0.2, 0.25) is 0 Å². The minimum absolute atomic E-state index is 0.154. The van der Waals surface area contributed by atoms with Gasteiger partial charge in [-0.2, -0.15) is 0 Å². The minimum Gasteiger partial charge on any atom is -0.381 e. The topological polar surface area (TPSA) is 47.9 Å². The zero-order valence-electron chi connectivity index (χ0n) is 16.2. The molecule has 2 aromatic carbocycles. The average Bonchev–Trinajstić information content (AvgIpc) is 2.67. The molecule has 2 unspecified atom stereocenters. The van der Waals surface area contributed by atoms with Gasteiger partial charge in [0.1, 0.15) is 0 Å². The Morgan fingerprint density at radius 1 is 1.12 bits per heavy atom. The molecule has 0 N–H and O–H groups in total. The molecule has 0 aliphatic rings. The molecule has 140 valence electrons. The lowest BCUT2D eigenvalue weighted by Crippen LogP contribution is -2.20. The van der Waals surface area contributed by atoms with Crippen molar-refractivity contribution in [3.05, 3.63) is 48.0 Å². The normalized spacial score (nSPS) is 14.2. The summed E-state index contributed by atoms with van der Waals surface area (Å²) in [6.45, 7) is 9.29. The average molecular weight is 355 g/mol. The molecular formula is C22H29NO3. The van der Waals surface area contributed by atoms with Crippen LogP contribution in [0.3, 0.4) is 0 Å². The SMILES string of the molecule is CCOCC(C)CC(CC)C(=O)ON=C(C)c1ccc2ccccc2c1. The van der Waals surface area contributed by atoms with Crippen molar-refractivity contribution in [1.82, 2.24) is 0 Å². The van der Waals surface area contributed by atoms with Gasteiger partial charge < -0.3 is 9.57 Å². The Kier molecular flexibility index (Phi) is 7.79. The molecule has 2 atom stereocenters. The van der Waals surface area contributed by atoms with Crippen LogP contribution in [0, 0.1) is 11.8 Å². The van der Waals surface area contributed by atoms with Gasteiger partial charge in [-0.3, -0.25) is 0 Å². The van der Waals surface area contributed by atoms with Crippen LogP contribution >= 0.6 is 0 Å². The third kappa shape index (κ3) is 5.67. The molecule has 4 heteroatoms. The van der Waals surface area contributed by atoms with Crippen LogP contribution in [0.1, 0.15) is 46.1 Å². The van der Waals surface area contributed by atoms with Crippen LogP contribution in [0.5, 0.6) is 0 Å². The van der Waals surface area contributed by atoms with Gasteiger partial charge in [-0.15, -0.1) is 0 Å². The number of rotatable bonds is 9. The summed E-state index contributed by atoms with van der Waals surface area (Å²) in [5, 5.41) is 6.39. The van der Waals surface area contributed by atoms with Crippen LogP contribution < -0.4 is 0 Å². The first-order chi connectivity index (χ1) is 12.5. The smallest absolute Gasteiger partial charge is 0.338 e. The van der Waals surface area contributed by atoms with E-state index in [9.17, 15) is 4.79 Å². The maximum atomic E-state index is 12.4. The van der Waals surface area contributed by atoms with E-state index >= 15 is 0 Å². The Morgan fingerprint density at radius 2 is 1.85 bits per heavy atom. The second-order valence-corrected chi connectivity index (χ2v) is 6.75. The molecule has 4 nitrogen and oxygen atoms in total. The molecule has 0 aromatic heterocycles. The summed E-state index contributed by atoms with van der Waals surface area (Å²) >= 11 is 0. The van der Waals surface area contributed by atoms with Crippen molar-refractivity contribution in [2.45, 2.75) is 40.5 Å². The van der Waals surface area contributed by atoms with Crippen LogP contribution in [0.25, 0.3) is 10.8 Å². The van der Waals surface area contributed by atoms with Crippen molar-refractivity contribution in [3.8, 4) is 0 Å². The van der Waals surface area contributed by atoms with Gasteiger partial charge in [0, 0.05) is 13.2 Å². The molecule has 0 bridgehead atoms. The van der Waals surface area contributed by atoms with Gasteiger partial charge in [-0.25, -0.2) is 4.79 Å². The van der Waals surface area contributed by atoms with Crippen molar-refractivity contribution in [2.24, 2.45) is 17.0 Å². The molecule has 0 aliphatic heterocycles. The van der Waals surface area contributed by atoms with Gasteiger partial charge in [0.25, 0.3) is 0 Å². The maximum Gasteiger partial charge on any atom is 0.338 e. The molecule has 0 spiro atoms. The van der Waals surface area contributed by atoms with Crippen LogP contribution in [0.4, 0.5) is 0 Å². The van der Waals surface area contributed by atoms with Crippen molar-refractivity contribution < 1.29 is 14.4 Å². The number of benzene rings is 2. The van der Waals surface area contributed by atoms with Gasteiger partial charge in [0.05, 0.1) is 11.6 Å². The Morgan fingerprint density at radius 3 is 2.54 bits per heavy atom. The monoisotopic (exact) mass is 355 g/mol. The predicted molar refractivity (Wildman–Crippen MR) is 106 cm³/mol. The second-order valence-electron chi connectivity index (χ2n) is 6.75. The van der Waals surface area contributed by atoms with E-state index in [2.05, 4.69) is 36.3 Å². The molecule has 0 radical (unpaired) electrons. The van der Waals surface area contributed by atoms with Crippen molar-refractivity contribution in [3.63, 3.8) is 0 Å². The summed E-state index contributed by atoms with van der Waals surface area (Å²) in [6, 6.07) is 14.3. The Labute approximate surface area is 156 Å². The number of oxime groups is 1. The Bertz CT molecular complexity index is 754. The van der Waals surface area contributed by atoms with Crippen LogP contribution in [0.2, 0.25) is 0 Å². The summed E-state index contributed by atoms with van der Waals surface area (Å²) in [6.07, 6.45) is 1.49. The highest BCUT2D eigenvalue weighted by Crippen LogP contribution is 2.19. The molecule has 0 saturated carbocycles. The lowest BCUT2D eigenvalue weighted by atomic mass is 9.94. The quantitative estimate of drug-likeness (QED) is 0.353. The molecule has 2 aromatic rings.